The number of imidazole rings is 1. The number of aromatic nitrogens is 2. The van der Waals surface area contributed by atoms with Gasteiger partial charge in [-0.3, -0.25) is 14.4 Å². The summed E-state index contributed by atoms with van der Waals surface area (Å²) >= 11 is 0. The van der Waals surface area contributed by atoms with Crippen molar-refractivity contribution in [3.63, 3.8) is 0 Å². The minimum atomic E-state index is -0.500. The van der Waals surface area contributed by atoms with Crippen molar-refractivity contribution in [2.75, 3.05) is 35.0 Å². The van der Waals surface area contributed by atoms with Crippen LogP contribution in [0.4, 0.5) is 0 Å². The number of furan rings is 1. The van der Waals surface area contributed by atoms with E-state index in [0.717, 1.165) is 48.1 Å². The van der Waals surface area contributed by atoms with E-state index in [9.17, 15) is 14.4 Å². The van der Waals surface area contributed by atoms with E-state index in [4.69, 9.17) is 23.4 Å². The van der Waals surface area contributed by atoms with Gasteiger partial charge in [0, 0.05) is 42.0 Å². The van der Waals surface area contributed by atoms with Crippen LogP contribution in [0.15, 0.2) is 75.9 Å². The average Bonchev–Trinajstić information content (AvgIpc) is 3.70. The average molecular weight is 759 g/mol. The lowest BCUT2D eigenvalue weighted by molar-refractivity contribution is -0.121. The Hall–Kier alpha value is -6.30. The fraction of sp³-hybridized carbons (Fsp3) is 0.318. The van der Waals surface area contributed by atoms with E-state index < -0.39 is 6.04 Å². The highest BCUT2D eigenvalue weighted by atomic mass is 16.5. The first-order valence-electron chi connectivity index (χ1n) is 18.8. The molecule has 1 aliphatic carbocycles. The molecule has 6 aromatic rings. The van der Waals surface area contributed by atoms with Crippen LogP contribution in [0.5, 0.6) is 23.0 Å². The highest BCUT2D eigenvalue weighted by Gasteiger charge is 2.31. The van der Waals surface area contributed by atoms with Crippen LogP contribution < -0.4 is 35.0 Å². The zero-order chi connectivity index (χ0) is 39.3. The van der Waals surface area contributed by atoms with Crippen LogP contribution >= 0.6 is 0 Å². The van der Waals surface area contributed by atoms with Crippen molar-refractivity contribution in [1.82, 2.24) is 20.6 Å². The number of methoxy groups -OCH3 is 4. The summed E-state index contributed by atoms with van der Waals surface area (Å²) < 4.78 is 29.3. The number of hydrogen-bond donors (Lipinski definition) is 3. The van der Waals surface area contributed by atoms with Gasteiger partial charge in [0.2, 0.25) is 23.0 Å². The monoisotopic (exact) mass is 758 g/mol. The number of amides is 2. The first kappa shape index (κ1) is 38.0. The van der Waals surface area contributed by atoms with Crippen LogP contribution in [-0.2, 0) is 28.9 Å². The van der Waals surface area contributed by atoms with Crippen molar-refractivity contribution >= 4 is 33.8 Å². The molecule has 2 amide bonds. The number of para-hydroxylation sites is 2. The third-order valence-electron chi connectivity index (χ3n) is 10.3. The van der Waals surface area contributed by atoms with Crippen molar-refractivity contribution in [3.05, 3.63) is 99.5 Å². The maximum atomic E-state index is 14.3. The molecule has 0 spiro atoms. The van der Waals surface area contributed by atoms with Crippen LogP contribution in [0.3, 0.4) is 0 Å². The molecule has 1 aliphatic rings. The zero-order valence-corrected chi connectivity index (χ0v) is 32.3. The molecule has 12 heteroatoms. The van der Waals surface area contributed by atoms with Crippen LogP contribution in [0.2, 0.25) is 0 Å². The molecule has 0 saturated carbocycles. The number of ether oxygens (including phenoxy) is 4. The Morgan fingerprint density at radius 2 is 1.70 bits per heavy atom. The second-order valence-electron chi connectivity index (χ2n) is 13.9. The molecular formula is C44H46N4O8. The Morgan fingerprint density at radius 3 is 2.41 bits per heavy atom. The van der Waals surface area contributed by atoms with Gasteiger partial charge in [-0.15, -0.1) is 0 Å². The predicted octanol–water partition coefficient (Wildman–Crippen LogP) is 7.23. The van der Waals surface area contributed by atoms with Crippen LogP contribution in [0.25, 0.3) is 44.5 Å². The van der Waals surface area contributed by atoms with E-state index in [1.54, 1.807) is 33.5 Å². The minimum absolute atomic E-state index is 0.0450. The summed E-state index contributed by atoms with van der Waals surface area (Å²) in [5.74, 6) is 2.90. The molecule has 2 aromatic heterocycles. The van der Waals surface area contributed by atoms with E-state index in [1.807, 2.05) is 48.5 Å². The number of rotatable bonds is 14. The topological polar surface area (TPSA) is 154 Å². The Labute approximate surface area is 324 Å². The molecule has 0 saturated heterocycles. The predicted molar refractivity (Wildman–Crippen MR) is 215 cm³/mol. The SMILES string of the molecule is COc1ccc(-c2oc3c(=O)cc4c(cc3c2CC(=O)NCCCCCc2nc3ccccc3[nH]2)-c2c(cc(OC)c(OC)c2OC)CC[C@@H]4NC(C)=O)cc1. The maximum Gasteiger partial charge on any atom is 0.224 e. The summed E-state index contributed by atoms with van der Waals surface area (Å²) in [7, 11) is 6.25. The Bertz CT molecular complexity index is 2440. The third-order valence-corrected chi connectivity index (χ3v) is 10.3. The fourth-order valence-corrected chi connectivity index (χ4v) is 7.70. The standard InChI is InChI=1S/C44H46N4O8/c1-25(49)46-33-19-16-27-21-37(53-3)43(54-4)44(55-5)40(27)30-22-31-32(41(26-14-17-28(52-2)18-15-26)56-42(31)36(50)23-29(30)33)24-39(51)45-20-10-6-7-13-38-47-34-11-8-9-12-35(34)48-38/h8-9,11-12,14-15,17-18,21-23,33H,6-7,10,13,16,19-20,24H2,1-5H3,(H,45,51)(H,46,49)(H,47,48)/t33-/m0/s1. The van der Waals surface area contributed by atoms with Gasteiger partial charge in [-0.2, -0.15) is 0 Å². The Kier molecular flexibility index (Phi) is 11.3. The Morgan fingerprint density at radius 1 is 0.911 bits per heavy atom. The Balaban J connectivity index is 1.26. The molecule has 0 unspecified atom stereocenters. The largest absolute Gasteiger partial charge is 0.497 e. The minimum Gasteiger partial charge on any atom is -0.497 e. The lowest BCUT2D eigenvalue weighted by atomic mass is 9.94. The van der Waals surface area contributed by atoms with Gasteiger partial charge in [-0.25, -0.2) is 4.98 Å². The summed E-state index contributed by atoms with van der Waals surface area (Å²) in [6.07, 6.45) is 4.47. The number of H-pyrrole nitrogens is 1. The highest BCUT2D eigenvalue weighted by molar-refractivity contribution is 5.96. The quantitative estimate of drug-likeness (QED) is 0.0977. The molecule has 0 bridgehead atoms. The van der Waals surface area contributed by atoms with Crippen molar-refractivity contribution < 1.29 is 33.0 Å². The van der Waals surface area contributed by atoms with E-state index in [1.165, 1.54) is 20.1 Å². The van der Waals surface area contributed by atoms with Crippen LogP contribution in [0, 0.1) is 0 Å². The number of unbranched alkanes of at least 4 members (excludes halogenated alkanes) is 2. The van der Waals surface area contributed by atoms with Gasteiger partial charge in [0.25, 0.3) is 0 Å². The summed E-state index contributed by atoms with van der Waals surface area (Å²) in [6, 6.07) is 20.1. The molecule has 12 nitrogen and oxygen atoms in total. The third kappa shape index (κ3) is 7.64. The van der Waals surface area contributed by atoms with Crippen molar-refractivity contribution in [2.45, 2.75) is 57.9 Å². The number of aryl methyl sites for hydroxylation is 2. The molecule has 0 radical (unpaired) electrons. The van der Waals surface area contributed by atoms with Crippen molar-refractivity contribution in [2.24, 2.45) is 0 Å². The second kappa shape index (κ2) is 16.6. The molecule has 1 atom stereocenters. The normalized spacial score (nSPS) is 13.4. The van der Waals surface area contributed by atoms with Crippen LogP contribution in [-0.4, -0.2) is 56.8 Å². The van der Waals surface area contributed by atoms with Crippen LogP contribution in [0.1, 0.15) is 61.2 Å². The maximum absolute atomic E-state index is 14.3. The lowest BCUT2D eigenvalue weighted by Gasteiger charge is -2.20. The van der Waals surface area contributed by atoms with E-state index in [0.29, 0.717) is 81.3 Å². The van der Waals surface area contributed by atoms with Gasteiger partial charge >= 0.3 is 0 Å². The molecule has 0 fully saturated rings. The first-order valence-corrected chi connectivity index (χ1v) is 18.8. The van der Waals surface area contributed by atoms with Gasteiger partial charge in [0.05, 0.1) is 51.9 Å². The van der Waals surface area contributed by atoms with Gasteiger partial charge in [0.15, 0.2) is 17.1 Å². The number of carbonyl (C=O) groups is 2. The fourth-order valence-electron chi connectivity index (χ4n) is 7.70. The zero-order valence-electron chi connectivity index (χ0n) is 32.3. The lowest BCUT2D eigenvalue weighted by Crippen LogP contribution is -2.26. The smallest absolute Gasteiger partial charge is 0.224 e. The van der Waals surface area contributed by atoms with Crippen molar-refractivity contribution in [1.29, 1.82) is 0 Å². The summed E-state index contributed by atoms with van der Waals surface area (Å²) in [4.78, 5) is 48.6. The molecular weight excluding hydrogens is 713 g/mol. The first-order chi connectivity index (χ1) is 27.2. The molecule has 290 valence electrons. The van der Waals surface area contributed by atoms with E-state index in [-0.39, 0.29) is 29.2 Å². The molecule has 4 aromatic carbocycles. The van der Waals surface area contributed by atoms with Gasteiger partial charge < -0.3 is 39.0 Å². The summed E-state index contributed by atoms with van der Waals surface area (Å²) in [5.41, 5.74) is 5.78. The number of aromatic amines is 1. The van der Waals surface area contributed by atoms with Gasteiger partial charge in [-0.1, -0.05) is 18.6 Å². The number of fused-ring (bicyclic) bond motifs is 5. The van der Waals surface area contributed by atoms with E-state index in [2.05, 4.69) is 20.6 Å². The number of nitrogens with zero attached hydrogens (tertiary/aromatic N) is 1. The molecule has 2 heterocycles. The number of nitrogens with one attached hydrogen (secondary N) is 3. The number of hydrogen-bond acceptors (Lipinski definition) is 9. The summed E-state index contributed by atoms with van der Waals surface area (Å²) in [6.45, 7) is 1.95. The van der Waals surface area contributed by atoms with Gasteiger partial charge in [-0.05, 0) is 97.0 Å². The number of benzene rings is 3. The number of carbonyl (C=O) groups excluding carboxylic acids is 2. The molecule has 0 aliphatic heterocycles. The molecule has 3 N–H and O–H groups in total. The second-order valence-corrected chi connectivity index (χ2v) is 13.9. The molecule has 7 rings (SSSR count). The van der Waals surface area contributed by atoms with Crippen molar-refractivity contribution in [3.8, 4) is 45.4 Å². The van der Waals surface area contributed by atoms with Gasteiger partial charge in [0.1, 0.15) is 17.3 Å². The molecule has 56 heavy (non-hydrogen) atoms. The summed E-state index contributed by atoms with van der Waals surface area (Å²) in [5, 5.41) is 6.62. The van der Waals surface area contributed by atoms with E-state index >= 15 is 0 Å². The highest BCUT2D eigenvalue weighted by Crippen LogP contribution is 2.51.